The standard InChI is InChI=1S/C24H25F3N8O/c1-14(33-20-3-5-30-6-4-20)22(34-29)17-8-21(23-18(9-28)11-32-35(23)13-17)36-15(2)16-7-19(12-31-10-16)24(25,26)27/h7-8,10-13,15,20,30H,3-6,29H2,1-2H3/b33-14?,34-22+. The van der Waals surface area contributed by atoms with Gasteiger partial charge in [0.25, 0.3) is 0 Å². The van der Waals surface area contributed by atoms with E-state index in [2.05, 4.69) is 26.6 Å². The van der Waals surface area contributed by atoms with E-state index in [-0.39, 0.29) is 22.9 Å². The molecule has 12 heteroatoms. The topological polar surface area (TPSA) is 126 Å². The summed E-state index contributed by atoms with van der Waals surface area (Å²) < 4.78 is 47.1. The van der Waals surface area contributed by atoms with Gasteiger partial charge < -0.3 is 15.9 Å². The molecule has 0 bridgehead atoms. The largest absolute Gasteiger partial charge is 0.484 e. The van der Waals surface area contributed by atoms with Gasteiger partial charge in [-0.3, -0.25) is 9.98 Å². The smallest absolute Gasteiger partial charge is 0.417 e. The van der Waals surface area contributed by atoms with Gasteiger partial charge in [0.1, 0.15) is 34.7 Å². The van der Waals surface area contributed by atoms with Gasteiger partial charge in [-0.2, -0.15) is 28.6 Å². The van der Waals surface area contributed by atoms with Crippen LogP contribution in [0.1, 0.15) is 55.0 Å². The highest BCUT2D eigenvalue weighted by molar-refractivity contribution is 6.47. The van der Waals surface area contributed by atoms with Crippen LogP contribution in [0.25, 0.3) is 5.52 Å². The molecule has 4 heterocycles. The Morgan fingerprint density at radius 3 is 2.69 bits per heavy atom. The predicted octanol–water partition coefficient (Wildman–Crippen LogP) is 3.64. The lowest BCUT2D eigenvalue weighted by molar-refractivity contribution is -0.137. The van der Waals surface area contributed by atoms with Crippen LogP contribution in [0.2, 0.25) is 0 Å². The molecule has 9 nitrogen and oxygen atoms in total. The van der Waals surface area contributed by atoms with Crippen molar-refractivity contribution in [2.24, 2.45) is 15.9 Å². The highest BCUT2D eigenvalue weighted by Gasteiger charge is 2.31. The summed E-state index contributed by atoms with van der Waals surface area (Å²) >= 11 is 0. The van der Waals surface area contributed by atoms with Crippen molar-refractivity contribution < 1.29 is 17.9 Å². The molecule has 1 aliphatic rings. The molecule has 3 aromatic rings. The van der Waals surface area contributed by atoms with Gasteiger partial charge in [0.05, 0.1) is 23.5 Å². The minimum Gasteiger partial charge on any atom is -0.484 e. The first-order chi connectivity index (χ1) is 17.2. The number of nitrogens with zero attached hydrogens (tertiary/aromatic N) is 6. The number of halogens is 3. The zero-order valence-corrected chi connectivity index (χ0v) is 19.8. The van der Waals surface area contributed by atoms with E-state index in [4.69, 9.17) is 15.6 Å². The number of rotatable bonds is 6. The average Bonchev–Trinajstić information content (AvgIpc) is 3.28. The molecule has 188 valence electrons. The van der Waals surface area contributed by atoms with Crippen LogP contribution < -0.4 is 15.9 Å². The highest BCUT2D eigenvalue weighted by Crippen LogP contribution is 2.33. The number of aromatic nitrogens is 3. The van der Waals surface area contributed by atoms with Gasteiger partial charge in [-0.25, -0.2) is 4.52 Å². The van der Waals surface area contributed by atoms with E-state index in [0.29, 0.717) is 22.5 Å². The number of ether oxygens (including phenoxy) is 1. The molecule has 3 N–H and O–H groups in total. The molecule has 0 saturated carbocycles. The summed E-state index contributed by atoms with van der Waals surface area (Å²) in [4.78, 5) is 8.50. The molecule has 3 aromatic heterocycles. The molecule has 0 aromatic carbocycles. The minimum atomic E-state index is -4.53. The highest BCUT2D eigenvalue weighted by atomic mass is 19.4. The van der Waals surface area contributed by atoms with Crippen LogP contribution in [0.5, 0.6) is 5.75 Å². The van der Waals surface area contributed by atoms with Crippen LogP contribution in [0, 0.1) is 11.3 Å². The third-order valence-electron chi connectivity index (χ3n) is 5.99. The van der Waals surface area contributed by atoms with E-state index in [1.54, 1.807) is 19.2 Å². The Morgan fingerprint density at radius 1 is 1.28 bits per heavy atom. The minimum absolute atomic E-state index is 0.144. The van der Waals surface area contributed by atoms with Crippen LogP contribution in [-0.4, -0.2) is 45.2 Å². The average molecular weight is 499 g/mol. The van der Waals surface area contributed by atoms with Crippen molar-refractivity contribution in [3.8, 4) is 11.8 Å². The van der Waals surface area contributed by atoms with Crippen molar-refractivity contribution in [1.82, 2.24) is 19.9 Å². The summed E-state index contributed by atoms with van der Waals surface area (Å²) in [6.45, 7) is 5.18. The Hall–Kier alpha value is -3.98. The maximum absolute atomic E-state index is 13.2. The van der Waals surface area contributed by atoms with E-state index in [1.807, 2.05) is 6.92 Å². The molecule has 36 heavy (non-hydrogen) atoms. The van der Waals surface area contributed by atoms with Crippen LogP contribution in [-0.2, 0) is 6.18 Å². The molecular weight excluding hydrogens is 473 g/mol. The third-order valence-corrected chi connectivity index (χ3v) is 5.99. The molecule has 0 aliphatic carbocycles. The first kappa shape index (κ1) is 25.1. The number of hydrogen-bond donors (Lipinski definition) is 2. The summed E-state index contributed by atoms with van der Waals surface area (Å²) in [6, 6.07) is 4.84. The van der Waals surface area contributed by atoms with Gasteiger partial charge in [0.15, 0.2) is 0 Å². The van der Waals surface area contributed by atoms with Gasteiger partial charge in [-0.15, -0.1) is 0 Å². The number of hydrazone groups is 1. The van der Waals surface area contributed by atoms with Gasteiger partial charge in [0.2, 0.25) is 0 Å². The first-order valence-electron chi connectivity index (χ1n) is 11.3. The van der Waals surface area contributed by atoms with E-state index in [9.17, 15) is 18.4 Å². The van der Waals surface area contributed by atoms with Crippen LogP contribution in [0.3, 0.4) is 0 Å². The second kappa shape index (κ2) is 10.3. The Kier molecular flexibility index (Phi) is 7.21. The van der Waals surface area contributed by atoms with Gasteiger partial charge in [-0.05, 0) is 51.9 Å². The Labute approximate surface area is 205 Å². The zero-order valence-electron chi connectivity index (χ0n) is 19.8. The maximum Gasteiger partial charge on any atom is 0.417 e. The van der Waals surface area contributed by atoms with Gasteiger partial charge in [0, 0.05) is 29.7 Å². The van der Waals surface area contributed by atoms with Gasteiger partial charge >= 0.3 is 6.18 Å². The number of nitrogens with two attached hydrogens (primary N) is 1. The Morgan fingerprint density at radius 2 is 2.03 bits per heavy atom. The fourth-order valence-corrected chi connectivity index (χ4v) is 4.13. The lowest BCUT2D eigenvalue weighted by atomic mass is 10.0. The van der Waals surface area contributed by atoms with E-state index < -0.39 is 17.8 Å². The summed E-state index contributed by atoms with van der Waals surface area (Å²) in [5.74, 6) is 5.98. The van der Waals surface area contributed by atoms with E-state index >= 15 is 0 Å². The van der Waals surface area contributed by atoms with Crippen molar-refractivity contribution in [1.29, 1.82) is 5.26 Å². The summed E-state index contributed by atoms with van der Waals surface area (Å²) in [7, 11) is 0. The number of hydrogen-bond acceptors (Lipinski definition) is 8. The van der Waals surface area contributed by atoms with Crippen LogP contribution in [0.15, 0.2) is 47.0 Å². The fraction of sp³-hybridized carbons (Fsp3) is 0.375. The monoisotopic (exact) mass is 498 g/mol. The van der Waals surface area contributed by atoms with Gasteiger partial charge in [-0.1, -0.05) is 0 Å². The van der Waals surface area contributed by atoms with E-state index in [0.717, 1.165) is 38.2 Å². The number of pyridine rings is 2. The quantitative estimate of drug-likeness (QED) is 0.304. The summed E-state index contributed by atoms with van der Waals surface area (Å²) in [6.07, 6.45) is 1.56. The number of nitriles is 1. The molecule has 1 atom stereocenters. The number of alkyl halides is 3. The molecule has 1 unspecified atom stereocenters. The number of piperidine rings is 1. The molecule has 0 amide bonds. The molecule has 4 rings (SSSR count). The van der Waals surface area contributed by atoms with E-state index in [1.165, 1.54) is 16.9 Å². The number of aliphatic imine (C=N–C) groups is 1. The maximum atomic E-state index is 13.2. The Balaban J connectivity index is 1.73. The molecule has 0 radical (unpaired) electrons. The zero-order chi connectivity index (χ0) is 25.9. The van der Waals surface area contributed by atoms with Crippen molar-refractivity contribution in [3.63, 3.8) is 0 Å². The second-order valence-electron chi connectivity index (χ2n) is 8.49. The Bertz CT molecular complexity index is 1350. The number of fused-ring (bicyclic) bond motifs is 1. The molecular formula is C24H25F3N8O. The van der Waals surface area contributed by atoms with Crippen molar-refractivity contribution >= 4 is 16.9 Å². The van der Waals surface area contributed by atoms with Crippen LogP contribution in [0.4, 0.5) is 13.2 Å². The summed E-state index contributed by atoms with van der Waals surface area (Å²) in [5, 5.41) is 21.0. The second-order valence-corrected chi connectivity index (χ2v) is 8.49. The molecule has 1 aliphatic heterocycles. The third kappa shape index (κ3) is 5.31. The molecule has 1 fully saturated rings. The predicted molar refractivity (Wildman–Crippen MR) is 128 cm³/mol. The van der Waals surface area contributed by atoms with Crippen molar-refractivity contribution in [3.05, 3.63) is 59.2 Å². The lowest BCUT2D eigenvalue weighted by Gasteiger charge is -2.20. The first-order valence-corrected chi connectivity index (χ1v) is 11.3. The lowest BCUT2D eigenvalue weighted by Crippen LogP contribution is -2.31. The number of nitrogens with one attached hydrogen (secondary N) is 1. The summed E-state index contributed by atoms with van der Waals surface area (Å²) in [5.41, 5.74) is 1.56. The normalized spacial score (nSPS) is 16.7. The fourth-order valence-electron chi connectivity index (χ4n) is 4.13. The molecule has 1 saturated heterocycles. The van der Waals surface area contributed by atoms with Crippen molar-refractivity contribution in [2.75, 3.05) is 13.1 Å². The SMILES string of the molecule is CC(=NC1CCNCC1)/C(=N\N)c1cc(OC(C)c2cncc(C(F)(F)F)c2)c2c(C#N)cnn2c1. The van der Waals surface area contributed by atoms with Crippen LogP contribution >= 0.6 is 0 Å². The molecule has 0 spiro atoms. The van der Waals surface area contributed by atoms with Crippen molar-refractivity contribution in [2.45, 2.75) is 45.0 Å².